The molecule has 5 nitrogen and oxygen atoms in total. The Hall–Kier alpha value is -3.08. The van der Waals surface area contributed by atoms with Crippen molar-refractivity contribution < 1.29 is 19.1 Å². The van der Waals surface area contributed by atoms with Crippen LogP contribution in [0.3, 0.4) is 0 Å². The molecule has 2 aromatic rings. The maximum absolute atomic E-state index is 12.1. The van der Waals surface area contributed by atoms with Gasteiger partial charge < -0.3 is 14.8 Å². The largest absolute Gasteiger partial charge is 0.467 e. The molecule has 1 N–H and O–H groups in total. The number of carbonyl (C=O) groups excluding carboxylic acids is 2. The summed E-state index contributed by atoms with van der Waals surface area (Å²) in [6.07, 6.45) is 2.26. The summed E-state index contributed by atoms with van der Waals surface area (Å²) in [6.45, 7) is 4.01. The van der Waals surface area contributed by atoms with Gasteiger partial charge in [-0.3, -0.25) is 0 Å². The van der Waals surface area contributed by atoms with E-state index in [-0.39, 0.29) is 12.5 Å². The highest BCUT2D eigenvalue weighted by Crippen LogP contribution is 2.23. The minimum absolute atomic E-state index is 0.0838. The molecule has 0 aliphatic heterocycles. The van der Waals surface area contributed by atoms with Gasteiger partial charge in [0.25, 0.3) is 0 Å². The zero-order valence-corrected chi connectivity index (χ0v) is 15.5. The van der Waals surface area contributed by atoms with Crippen LogP contribution in [0.4, 0.5) is 4.79 Å². The quantitative estimate of drug-likeness (QED) is 0.533. The number of nitrogens with one attached hydrogen (secondary N) is 1. The SMILES string of the molecule is C=CC(CCC(NC(=O)OCc1ccccc1)C(=O)OC)c1ccccc1. The fraction of sp³-hybridized carbons (Fsp3) is 0.273. The van der Waals surface area contributed by atoms with E-state index in [0.717, 1.165) is 11.1 Å². The minimum atomic E-state index is -0.774. The number of alkyl carbamates (subject to hydrolysis) is 1. The lowest BCUT2D eigenvalue weighted by molar-refractivity contribution is -0.143. The summed E-state index contributed by atoms with van der Waals surface area (Å²) in [6, 6.07) is 18.5. The molecule has 142 valence electrons. The summed E-state index contributed by atoms with van der Waals surface area (Å²) in [7, 11) is 1.30. The van der Waals surface area contributed by atoms with Gasteiger partial charge in [0.2, 0.25) is 0 Å². The number of ether oxygens (including phenoxy) is 2. The number of benzene rings is 2. The van der Waals surface area contributed by atoms with Gasteiger partial charge in [0.1, 0.15) is 12.6 Å². The third kappa shape index (κ3) is 6.62. The first kappa shape index (κ1) is 20.2. The molecule has 0 saturated heterocycles. The van der Waals surface area contributed by atoms with Crippen LogP contribution in [0.1, 0.15) is 29.9 Å². The Kier molecular flexibility index (Phi) is 8.10. The van der Waals surface area contributed by atoms with Crippen LogP contribution in [0.5, 0.6) is 0 Å². The number of allylic oxidation sites excluding steroid dienone is 1. The first-order chi connectivity index (χ1) is 13.1. The third-order valence-corrected chi connectivity index (χ3v) is 4.27. The van der Waals surface area contributed by atoms with Gasteiger partial charge in [-0.1, -0.05) is 66.7 Å². The zero-order valence-electron chi connectivity index (χ0n) is 15.5. The van der Waals surface area contributed by atoms with Gasteiger partial charge in [0.05, 0.1) is 7.11 Å². The maximum atomic E-state index is 12.1. The number of esters is 1. The molecular weight excluding hydrogens is 342 g/mol. The Labute approximate surface area is 160 Å². The lowest BCUT2D eigenvalue weighted by atomic mass is 9.92. The van der Waals surface area contributed by atoms with Gasteiger partial charge >= 0.3 is 12.1 Å². The normalized spacial score (nSPS) is 12.5. The molecule has 0 aliphatic carbocycles. The molecule has 27 heavy (non-hydrogen) atoms. The van der Waals surface area contributed by atoms with Crippen LogP contribution in [0.25, 0.3) is 0 Å². The molecule has 0 aromatic heterocycles. The standard InChI is InChI=1S/C22H25NO4/c1-3-18(19-12-8-5-9-13-19)14-15-20(21(24)26-2)23-22(25)27-16-17-10-6-4-7-11-17/h3-13,18,20H,1,14-16H2,2H3,(H,23,25). The summed E-state index contributed by atoms with van der Waals surface area (Å²) >= 11 is 0. The third-order valence-electron chi connectivity index (χ3n) is 4.27. The molecule has 2 aromatic carbocycles. The van der Waals surface area contributed by atoms with Gasteiger partial charge in [-0.05, 0) is 24.0 Å². The van der Waals surface area contributed by atoms with Crippen molar-refractivity contribution in [2.45, 2.75) is 31.4 Å². The van der Waals surface area contributed by atoms with Gasteiger partial charge in [-0.15, -0.1) is 6.58 Å². The second-order valence-electron chi connectivity index (χ2n) is 6.11. The molecule has 1 amide bonds. The van der Waals surface area contributed by atoms with Gasteiger partial charge in [0.15, 0.2) is 0 Å². The summed E-state index contributed by atoms with van der Waals surface area (Å²) in [5.41, 5.74) is 1.99. The number of methoxy groups -OCH3 is 1. The zero-order chi connectivity index (χ0) is 19.5. The van der Waals surface area contributed by atoms with Crippen molar-refractivity contribution in [3.63, 3.8) is 0 Å². The lowest BCUT2D eigenvalue weighted by Crippen LogP contribution is -2.41. The van der Waals surface area contributed by atoms with E-state index < -0.39 is 18.1 Å². The fourth-order valence-corrected chi connectivity index (χ4v) is 2.77. The molecule has 2 unspecified atom stereocenters. The van der Waals surface area contributed by atoms with Crippen LogP contribution < -0.4 is 5.32 Å². The molecule has 5 heteroatoms. The number of hydrogen-bond acceptors (Lipinski definition) is 4. The average Bonchev–Trinajstić information content (AvgIpc) is 2.72. The molecule has 0 aliphatic rings. The Balaban J connectivity index is 1.91. The number of carbonyl (C=O) groups is 2. The molecule has 0 spiro atoms. The Bertz CT molecular complexity index is 730. The predicted octanol–water partition coefficient (Wildman–Crippen LogP) is 4.20. The van der Waals surface area contributed by atoms with Crippen LogP contribution in [-0.2, 0) is 20.9 Å². The first-order valence-electron chi connectivity index (χ1n) is 8.86. The van der Waals surface area contributed by atoms with E-state index in [1.807, 2.05) is 66.7 Å². The van der Waals surface area contributed by atoms with Gasteiger partial charge in [0, 0.05) is 5.92 Å². The van der Waals surface area contributed by atoms with E-state index in [1.165, 1.54) is 7.11 Å². The van der Waals surface area contributed by atoms with Crippen LogP contribution in [0.15, 0.2) is 73.3 Å². The molecule has 0 heterocycles. The van der Waals surface area contributed by atoms with Crippen LogP contribution in [0, 0.1) is 0 Å². The summed E-state index contributed by atoms with van der Waals surface area (Å²) in [5.74, 6) is -0.414. The number of amides is 1. The number of hydrogen-bond donors (Lipinski definition) is 1. The van der Waals surface area contributed by atoms with E-state index in [2.05, 4.69) is 11.9 Å². The molecule has 0 fully saturated rings. The smallest absolute Gasteiger partial charge is 0.408 e. The molecule has 2 atom stereocenters. The van der Waals surface area contributed by atoms with E-state index in [0.29, 0.717) is 12.8 Å². The lowest BCUT2D eigenvalue weighted by Gasteiger charge is -2.19. The fourth-order valence-electron chi connectivity index (χ4n) is 2.77. The second-order valence-corrected chi connectivity index (χ2v) is 6.11. The van der Waals surface area contributed by atoms with Crippen LogP contribution >= 0.6 is 0 Å². The first-order valence-corrected chi connectivity index (χ1v) is 8.86. The van der Waals surface area contributed by atoms with Crippen molar-refractivity contribution in [3.05, 3.63) is 84.4 Å². The van der Waals surface area contributed by atoms with Crippen molar-refractivity contribution >= 4 is 12.1 Å². The van der Waals surface area contributed by atoms with Gasteiger partial charge in [-0.25, -0.2) is 9.59 Å². The molecule has 2 rings (SSSR count). The summed E-state index contributed by atoms with van der Waals surface area (Å²) in [4.78, 5) is 24.1. The molecule has 0 bridgehead atoms. The Morgan fingerprint density at radius 3 is 2.26 bits per heavy atom. The highest BCUT2D eigenvalue weighted by molar-refractivity contribution is 5.81. The Morgan fingerprint density at radius 1 is 1.04 bits per heavy atom. The maximum Gasteiger partial charge on any atom is 0.408 e. The highest BCUT2D eigenvalue weighted by atomic mass is 16.6. The van der Waals surface area contributed by atoms with Crippen LogP contribution in [0.2, 0.25) is 0 Å². The van der Waals surface area contributed by atoms with E-state index in [1.54, 1.807) is 0 Å². The van der Waals surface area contributed by atoms with E-state index in [9.17, 15) is 9.59 Å². The Morgan fingerprint density at radius 2 is 1.67 bits per heavy atom. The van der Waals surface area contributed by atoms with Crippen molar-refractivity contribution in [2.24, 2.45) is 0 Å². The van der Waals surface area contributed by atoms with Crippen LogP contribution in [-0.4, -0.2) is 25.2 Å². The van der Waals surface area contributed by atoms with E-state index >= 15 is 0 Å². The van der Waals surface area contributed by atoms with Crippen molar-refractivity contribution in [3.8, 4) is 0 Å². The monoisotopic (exact) mass is 367 g/mol. The minimum Gasteiger partial charge on any atom is -0.467 e. The van der Waals surface area contributed by atoms with Crippen molar-refractivity contribution in [1.82, 2.24) is 5.32 Å². The topological polar surface area (TPSA) is 64.6 Å². The predicted molar refractivity (Wildman–Crippen MR) is 104 cm³/mol. The molecule has 0 radical (unpaired) electrons. The van der Waals surface area contributed by atoms with Gasteiger partial charge in [-0.2, -0.15) is 0 Å². The number of rotatable bonds is 9. The van der Waals surface area contributed by atoms with Crippen molar-refractivity contribution in [1.29, 1.82) is 0 Å². The summed E-state index contributed by atoms with van der Waals surface area (Å²) in [5, 5.41) is 2.60. The average molecular weight is 367 g/mol. The van der Waals surface area contributed by atoms with E-state index in [4.69, 9.17) is 9.47 Å². The summed E-state index contributed by atoms with van der Waals surface area (Å²) < 4.78 is 10.0. The highest BCUT2D eigenvalue weighted by Gasteiger charge is 2.23. The molecule has 0 saturated carbocycles. The second kappa shape index (κ2) is 10.8. The van der Waals surface area contributed by atoms with Crippen molar-refractivity contribution in [2.75, 3.05) is 7.11 Å². The molecular formula is C22H25NO4.